The number of nitrogens with zero attached hydrogens (tertiary/aromatic N) is 3. The number of nitro groups is 1. The molecule has 0 saturated carbocycles. The van der Waals surface area contributed by atoms with E-state index in [1.807, 2.05) is 0 Å². The molecule has 0 saturated heterocycles. The Morgan fingerprint density at radius 1 is 1.28 bits per heavy atom. The minimum Gasteiger partial charge on any atom is -0.298 e. The Bertz CT molecular complexity index is 622. The zero-order chi connectivity index (χ0) is 13.3. The average Bonchev–Trinajstić information content (AvgIpc) is 2.64. The number of halogens is 2. The molecule has 18 heavy (non-hydrogen) atoms. The van der Waals surface area contributed by atoms with Gasteiger partial charge in [0.25, 0.3) is 5.69 Å². The third kappa shape index (κ3) is 2.07. The fraction of sp³-hybridized carbons (Fsp3) is 0. The Morgan fingerprint density at radius 2 is 1.89 bits per heavy atom. The highest BCUT2D eigenvalue weighted by Gasteiger charge is 2.16. The van der Waals surface area contributed by atoms with Crippen LogP contribution in [-0.4, -0.2) is 21.0 Å². The highest BCUT2D eigenvalue weighted by atomic mass is 35.5. The lowest BCUT2D eigenvalue weighted by Gasteiger charge is -2.02. The van der Waals surface area contributed by atoms with Crippen molar-refractivity contribution in [2.45, 2.75) is 0 Å². The molecule has 0 aliphatic rings. The zero-order valence-corrected chi connectivity index (χ0v) is 10.2. The highest BCUT2D eigenvalue weighted by molar-refractivity contribution is 6.37. The first-order valence-electron chi connectivity index (χ1n) is 4.68. The van der Waals surface area contributed by atoms with Gasteiger partial charge < -0.3 is 0 Å². The maximum Gasteiger partial charge on any atom is 0.269 e. The number of carbonyl (C=O) groups is 1. The molecule has 0 spiro atoms. The van der Waals surface area contributed by atoms with Gasteiger partial charge in [-0.15, -0.1) is 0 Å². The number of hydrogen-bond acceptors (Lipinski definition) is 4. The van der Waals surface area contributed by atoms with E-state index in [0.29, 0.717) is 12.0 Å². The summed E-state index contributed by atoms with van der Waals surface area (Å²) >= 11 is 11.6. The molecule has 6 nitrogen and oxygen atoms in total. The Morgan fingerprint density at radius 3 is 2.33 bits per heavy atom. The summed E-state index contributed by atoms with van der Waals surface area (Å²) in [6, 6.07) is 5.54. The number of carbonyl (C=O) groups excluding carboxylic acids is 1. The topological polar surface area (TPSA) is 78.0 Å². The minimum atomic E-state index is -0.516. The molecule has 1 aromatic carbocycles. The van der Waals surface area contributed by atoms with Gasteiger partial charge in [-0.1, -0.05) is 23.2 Å². The van der Waals surface area contributed by atoms with Gasteiger partial charge in [-0.3, -0.25) is 14.9 Å². The van der Waals surface area contributed by atoms with Gasteiger partial charge >= 0.3 is 0 Å². The zero-order valence-electron chi connectivity index (χ0n) is 8.71. The summed E-state index contributed by atoms with van der Waals surface area (Å²) in [5, 5.41) is 14.4. The van der Waals surface area contributed by atoms with E-state index in [9.17, 15) is 14.9 Å². The van der Waals surface area contributed by atoms with Crippen molar-refractivity contribution in [3.05, 3.63) is 50.2 Å². The van der Waals surface area contributed by atoms with Gasteiger partial charge in [-0.2, -0.15) is 5.10 Å². The van der Waals surface area contributed by atoms with Crippen LogP contribution in [0.3, 0.4) is 0 Å². The Hall–Kier alpha value is -1.92. The van der Waals surface area contributed by atoms with Gasteiger partial charge in [0, 0.05) is 12.1 Å². The lowest BCUT2D eigenvalue weighted by molar-refractivity contribution is -0.384. The standard InChI is InChI=1S/C10H5Cl2N3O3/c11-9-8(5-16)10(12)14(13-9)6-1-3-7(4-2-6)15(17)18/h1-5H. The monoisotopic (exact) mass is 285 g/mol. The lowest BCUT2D eigenvalue weighted by Crippen LogP contribution is -1.97. The summed E-state index contributed by atoms with van der Waals surface area (Å²) in [5.74, 6) is 0. The first-order valence-corrected chi connectivity index (χ1v) is 5.44. The van der Waals surface area contributed by atoms with Crippen LogP contribution in [0.2, 0.25) is 10.3 Å². The summed E-state index contributed by atoms with van der Waals surface area (Å²) in [6.07, 6.45) is 0.500. The highest BCUT2D eigenvalue weighted by Crippen LogP contribution is 2.26. The Labute approximate surface area is 111 Å². The molecule has 92 valence electrons. The van der Waals surface area contributed by atoms with Crippen molar-refractivity contribution >= 4 is 35.2 Å². The van der Waals surface area contributed by atoms with E-state index in [-0.39, 0.29) is 21.6 Å². The SMILES string of the molecule is O=Cc1c(Cl)nn(-c2ccc([N+](=O)[O-])cc2)c1Cl. The number of aldehydes is 1. The van der Waals surface area contributed by atoms with Crippen LogP contribution in [0.4, 0.5) is 5.69 Å². The molecule has 1 aromatic heterocycles. The molecule has 2 aromatic rings. The largest absolute Gasteiger partial charge is 0.298 e. The molecule has 0 aliphatic heterocycles. The Kier molecular flexibility index (Phi) is 3.31. The smallest absolute Gasteiger partial charge is 0.269 e. The number of aromatic nitrogens is 2. The van der Waals surface area contributed by atoms with Crippen molar-refractivity contribution in [3.8, 4) is 5.69 Å². The summed E-state index contributed by atoms with van der Waals surface area (Å²) in [5.41, 5.74) is 0.501. The first-order chi connectivity index (χ1) is 8.54. The van der Waals surface area contributed by atoms with Gasteiger partial charge in [-0.05, 0) is 12.1 Å². The molecular weight excluding hydrogens is 281 g/mol. The van der Waals surface area contributed by atoms with Crippen molar-refractivity contribution in [2.24, 2.45) is 0 Å². The maximum atomic E-state index is 10.7. The third-order valence-electron chi connectivity index (χ3n) is 2.24. The van der Waals surface area contributed by atoms with E-state index >= 15 is 0 Å². The first kappa shape index (κ1) is 12.5. The van der Waals surface area contributed by atoms with E-state index in [2.05, 4.69) is 5.10 Å². The van der Waals surface area contributed by atoms with Crippen LogP contribution >= 0.6 is 23.2 Å². The third-order valence-corrected chi connectivity index (χ3v) is 2.88. The van der Waals surface area contributed by atoms with Crippen LogP contribution in [0.15, 0.2) is 24.3 Å². The van der Waals surface area contributed by atoms with Crippen molar-refractivity contribution < 1.29 is 9.72 Å². The number of nitro benzene ring substituents is 1. The number of rotatable bonds is 3. The van der Waals surface area contributed by atoms with Crippen molar-refractivity contribution in [2.75, 3.05) is 0 Å². The molecule has 0 fully saturated rings. The van der Waals surface area contributed by atoms with Crippen molar-refractivity contribution in [3.63, 3.8) is 0 Å². The molecule has 0 bridgehead atoms. The van der Waals surface area contributed by atoms with Crippen molar-refractivity contribution in [1.82, 2.24) is 9.78 Å². The van der Waals surface area contributed by atoms with Gasteiger partial charge in [-0.25, -0.2) is 4.68 Å². The molecular formula is C10H5Cl2N3O3. The summed E-state index contributed by atoms with van der Waals surface area (Å²) < 4.78 is 1.23. The fourth-order valence-corrected chi connectivity index (χ4v) is 1.90. The summed E-state index contributed by atoms with van der Waals surface area (Å²) in [7, 11) is 0. The van der Waals surface area contributed by atoms with E-state index in [1.165, 1.54) is 28.9 Å². The predicted molar refractivity (Wildman–Crippen MR) is 65.6 cm³/mol. The molecule has 8 heteroatoms. The van der Waals surface area contributed by atoms with Crippen LogP contribution in [0.5, 0.6) is 0 Å². The normalized spacial score (nSPS) is 10.3. The second kappa shape index (κ2) is 4.75. The molecule has 2 rings (SSSR count). The van der Waals surface area contributed by atoms with E-state index in [4.69, 9.17) is 23.2 Å². The lowest BCUT2D eigenvalue weighted by atomic mass is 10.3. The molecule has 0 amide bonds. The fourth-order valence-electron chi connectivity index (χ4n) is 1.37. The van der Waals surface area contributed by atoms with Crippen LogP contribution in [0.1, 0.15) is 10.4 Å². The van der Waals surface area contributed by atoms with E-state index in [0.717, 1.165) is 0 Å². The molecule has 0 aliphatic carbocycles. The molecule has 0 unspecified atom stereocenters. The predicted octanol–water partition coefficient (Wildman–Crippen LogP) is 2.90. The number of hydrogen-bond donors (Lipinski definition) is 0. The van der Waals surface area contributed by atoms with Gasteiger partial charge in [0.2, 0.25) is 0 Å². The second-order valence-corrected chi connectivity index (χ2v) is 4.01. The molecule has 0 N–H and O–H groups in total. The summed E-state index contributed by atoms with van der Waals surface area (Å²) in [6.45, 7) is 0. The Balaban J connectivity index is 2.49. The molecule has 0 radical (unpaired) electrons. The van der Waals surface area contributed by atoms with Crippen LogP contribution < -0.4 is 0 Å². The van der Waals surface area contributed by atoms with Gasteiger partial charge in [0.1, 0.15) is 5.15 Å². The summed E-state index contributed by atoms with van der Waals surface area (Å²) in [4.78, 5) is 20.7. The van der Waals surface area contributed by atoms with Crippen LogP contribution in [-0.2, 0) is 0 Å². The van der Waals surface area contributed by atoms with Gasteiger partial charge in [0.05, 0.1) is 16.2 Å². The van der Waals surface area contributed by atoms with Crippen LogP contribution in [0.25, 0.3) is 5.69 Å². The quantitative estimate of drug-likeness (QED) is 0.493. The van der Waals surface area contributed by atoms with E-state index in [1.54, 1.807) is 0 Å². The minimum absolute atomic E-state index is 0.0200. The number of benzene rings is 1. The maximum absolute atomic E-state index is 10.7. The van der Waals surface area contributed by atoms with Crippen molar-refractivity contribution in [1.29, 1.82) is 0 Å². The number of non-ortho nitro benzene ring substituents is 1. The second-order valence-electron chi connectivity index (χ2n) is 3.30. The van der Waals surface area contributed by atoms with Crippen LogP contribution in [0, 0.1) is 10.1 Å². The van der Waals surface area contributed by atoms with Gasteiger partial charge in [0.15, 0.2) is 11.4 Å². The molecule has 1 heterocycles. The molecule has 0 atom stereocenters. The van der Waals surface area contributed by atoms with E-state index < -0.39 is 4.92 Å². The average molecular weight is 286 g/mol.